The molecule has 1 aromatic rings. The Hall–Kier alpha value is -0.850. The summed E-state index contributed by atoms with van der Waals surface area (Å²) in [4.78, 5) is 12.9. The van der Waals surface area contributed by atoms with Crippen molar-refractivity contribution in [3.8, 4) is 0 Å². The van der Waals surface area contributed by atoms with Gasteiger partial charge in [0.25, 0.3) is 5.92 Å². The summed E-state index contributed by atoms with van der Waals surface area (Å²) in [5, 5.41) is 5.21. The topological polar surface area (TPSA) is 41.1 Å². The van der Waals surface area contributed by atoms with Crippen LogP contribution >= 0.6 is 24.2 Å². The van der Waals surface area contributed by atoms with Crippen LogP contribution in [0.1, 0.15) is 13.3 Å². The molecule has 1 aliphatic heterocycles. The average Bonchev–Trinajstić information content (AvgIpc) is 2.71. The van der Waals surface area contributed by atoms with Gasteiger partial charge >= 0.3 is 0 Å². The third-order valence-electron chi connectivity index (χ3n) is 2.84. The monoisotopic (exact) mass is 322 g/mol. The van der Waals surface area contributed by atoms with Gasteiger partial charge in [0.15, 0.2) is 0 Å². The standard InChI is InChI=1S/C13H16F2N2OS.ClH/c1-2-19-10-5-3-4-9(6-10)17-12(18)11-7-13(14,15)8-16-11;/h3-6,11,16H,2,7-8H2,1H3,(H,17,18);1H. The number of benzene rings is 1. The second-order valence-corrected chi connectivity index (χ2v) is 5.78. The van der Waals surface area contributed by atoms with E-state index < -0.39 is 30.8 Å². The summed E-state index contributed by atoms with van der Waals surface area (Å²) in [7, 11) is 0. The van der Waals surface area contributed by atoms with Crippen molar-refractivity contribution in [3.63, 3.8) is 0 Å². The van der Waals surface area contributed by atoms with E-state index in [9.17, 15) is 13.6 Å². The molecular formula is C13H17ClF2N2OS. The Morgan fingerprint density at radius 1 is 1.55 bits per heavy atom. The van der Waals surface area contributed by atoms with E-state index in [0.29, 0.717) is 5.69 Å². The van der Waals surface area contributed by atoms with Crippen LogP contribution in [0.2, 0.25) is 0 Å². The molecule has 0 spiro atoms. The van der Waals surface area contributed by atoms with Crippen LogP contribution in [0.15, 0.2) is 29.2 Å². The van der Waals surface area contributed by atoms with Gasteiger partial charge in [0, 0.05) is 17.0 Å². The summed E-state index contributed by atoms with van der Waals surface area (Å²) in [6.45, 7) is 1.61. The summed E-state index contributed by atoms with van der Waals surface area (Å²) < 4.78 is 26.0. The quantitative estimate of drug-likeness (QED) is 0.837. The molecule has 112 valence electrons. The first-order valence-electron chi connectivity index (χ1n) is 6.15. The smallest absolute Gasteiger partial charge is 0.262 e. The molecule has 20 heavy (non-hydrogen) atoms. The highest BCUT2D eigenvalue weighted by molar-refractivity contribution is 7.99. The summed E-state index contributed by atoms with van der Waals surface area (Å²) in [6, 6.07) is 6.57. The molecule has 3 nitrogen and oxygen atoms in total. The number of halogens is 3. The van der Waals surface area contributed by atoms with Crippen molar-refractivity contribution in [2.24, 2.45) is 0 Å². The Bertz CT molecular complexity index is 473. The molecule has 1 saturated heterocycles. The lowest BCUT2D eigenvalue weighted by atomic mass is 10.2. The van der Waals surface area contributed by atoms with Gasteiger partial charge < -0.3 is 5.32 Å². The molecule has 0 radical (unpaired) electrons. The zero-order valence-corrected chi connectivity index (χ0v) is 12.6. The predicted octanol–water partition coefficient (Wildman–Crippen LogP) is 3.16. The molecule has 1 fully saturated rings. The minimum atomic E-state index is -2.79. The fourth-order valence-electron chi connectivity index (χ4n) is 1.96. The number of rotatable bonds is 4. The van der Waals surface area contributed by atoms with Gasteiger partial charge in [0.2, 0.25) is 5.91 Å². The first-order chi connectivity index (χ1) is 9.00. The molecule has 1 aliphatic rings. The first-order valence-corrected chi connectivity index (χ1v) is 7.14. The van der Waals surface area contributed by atoms with E-state index in [0.717, 1.165) is 10.6 Å². The second kappa shape index (κ2) is 7.24. The molecule has 1 aromatic carbocycles. The molecule has 0 saturated carbocycles. The number of amides is 1. The summed E-state index contributed by atoms with van der Waals surface area (Å²) in [5.74, 6) is -2.26. The average molecular weight is 323 g/mol. The fraction of sp³-hybridized carbons (Fsp3) is 0.462. The van der Waals surface area contributed by atoms with E-state index >= 15 is 0 Å². The molecule has 2 rings (SSSR count). The third kappa shape index (κ3) is 4.61. The Kier molecular flexibility index (Phi) is 6.23. The SMILES string of the molecule is CCSc1cccc(NC(=O)C2CC(F)(F)CN2)c1.Cl. The predicted molar refractivity (Wildman–Crippen MR) is 80.1 cm³/mol. The van der Waals surface area contributed by atoms with Gasteiger partial charge in [-0.1, -0.05) is 13.0 Å². The van der Waals surface area contributed by atoms with Crippen molar-refractivity contribution < 1.29 is 13.6 Å². The van der Waals surface area contributed by atoms with E-state index in [4.69, 9.17) is 0 Å². The number of nitrogens with one attached hydrogen (secondary N) is 2. The van der Waals surface area contributed by atoms with E-state index in [-0.39, 0.29) is 12.4 Å². The fourth-order valence-corrected chi connectivity index (χ4v) is 2.68. The highest BCUT2D eigenvalue weighted by Gasteiger charge is 2.42. The van der Waals surface area contributed by atoms with Crippen LogP contribution in [0, 0.1) is 0 Å². The number of thioether (sulfide) groups is 1. The lowest BCUT2D eigenvalue weighted by Crippen LogP contribution is -2.35. The second-order valence-electron chi connectivity index (χ2n) is 4.44. The number of hydrogen-bond acceptors (Lipinski definition) is 3. The lowest BCUT2D eigenvalue weighted by Gasteiger charge is -2.12. The summed E-state index contributed by atoms with van der Waals surface area (Å²) >= 11 is 1.66. The largest absolute Gasteiger partial charge is 0.325 e. The minimum absolute atomic E-state index is 0. The van der Waals surface area contributed by atoms with Gasteiger partial charge in [-0.15, -0.1) is 24.2 Å². The molecule has 1 heterocycles. The van der Waals surface area contributed by atoms with E-state index in [2.05, 4.69) is 10.6 Å². The van der Waals surface area contributed by atoms with Crippen LogP contribution in [-0.2, 0) is 4.79 Å². The molecular weight excluding hydrogens is 306 g/mol. The Morgan fingerprint density at radius 3 is 2.90 bits per heavy atom. The maximum atomic E-state index is 13.0. The number of anilines is 1. The molecule has 0 bridgehead atoms. The van der Waals surface area contributed by atoms with Gasteiger partial charge in [0.05, 0.1) is 12.6 Å². The van der Waals surface area contributed by atoms with Gasteiger partial charge in [0.1, 0.15) is 0 Å². The lowest BCUT2D eigenvalue weighted by molar-refractivity contribution is -0.118. The van der Waals surface area contributed by atoms with Gasteiger partial charge in [-0.25, -0.2) is 8.78 Å². The van der Waals surface area contributed by atoms with Crippen LogP contribution in [0.5, 0.6) is 0 Å². The number of carbonyl (C=O) groups excluding carboxylic acids is 1. The Labute approximate surface area is 127 Å². The summed E-state index contributed by atoms with van der Waals surface area (Å²) in [5.41, 5.74) is 0.639. The summed E-state index contributed by atoms with van der Waals surface area (Å²) in [6.07, 6.45) is -0.442. The van der Waals surface area contributed by atoms with Crippen molar-refractivity contribution in [3.05, 3.63) is 24.3 Å². The van der Waals surface area contributed by atoms with Crippen molar-refractivity contribution in [2.45, 2.75) is 30.2 Å². The maximum absolute atomic E-state index is 13.0. The highest BCUT2D eigenvalue weighted by atomic mass is 35.5. The molecule has 0 aliphatic carbocycles. The van der Waals surface area contributed by atoms with Gasteiger partial charge in [-0.05, 0) is 24.0 Å². The van der Waals surface area contributed by atoms with Crippen LogP contribution in [0.25, 0.3) is 0 Å². The van der Waals surface area contributed by atoms with Crippen LogP contribution in [0.3, 0.4) is 0 Å². The van der Waals surface area contributed by atoms with Crippen LogP contribution < -0.4 is 10.6 Å². The van der Waals surface area contributed by atoms with Crippen molar-refractivity contribution >= 4 is 35.8 Å². The Balaban J connectivity index is 0.00000200. The molecule has 1 amide bonds. The number of carbonyl (C=O) groups is 1. The number of alkyl halides is 2. The molecule has 2 N–H and O–H groups in total. The zero-order chi connectivity index (χ0) is 13.9. The third-order valence-corrected chi connectivity index (χ3v) is 3.71. The molecule has 1 unspecified atom stereocenters. The van der Waals surface area contributed by atoms with Gasteiger partial charge in [-0.3, -0.25) is 10.1 Å². The molecule has 0 aromatic heterocycles. The van der Waals surface area contributed by atoms with Crippen molar-refractivity contribution in [1.82, 2.24) is 5.32 Å². The van der Waals surface area contributed by atoms with Crippen molar-refractivity contribution in [1.29, 1.82) is 0 Å². The Morgan fingerprint density at radius 2 is 2.30 bits per heavy atom. The maximum Gasteiger partial charge on any atom is 0.262 e. The van der Waals surface area contributed by atoms with Gasteiger partial charge in [-0.2, -0.15) is 0 Å². The van der Waals surface area contributed by atoms with Crippen LogP contribution in [0.4, 0.5) is 14.5 Å². The van der Waals surface area contributed by atoms with E-state index in [1.165, 1.54) is 0 Å². The normalized spacial score (nSPS) is 20.2. The highest BCUT2D eigenvalue weighted by Crippen LogP contribution is 2.26. The zero-order valence-electron chi connectivity index (χ0n) is 11.0. The minimum Gasteiger partial charge on any atom is -0.325 e. The van der Waals surface area contributed by atoms with E-state index in [1.54, 1.807) is 17.8 Å². The number of hydrogen-bond donors (Lipinski definition) is 2. The molecule has 1 atom stereocenters. The van der Waals surface area contributed by atoms with Crippen LogP contribution in [-0.4, -0.2) is 30.2 Å². The first kappa shape index (κ1) is 17.2. The molecule has 7 heteroatoms. The van der Waals surface area contributed by atoms with E-state index in [1.807, 2.05) is 25.1 Å². The van der Waals surface area contributed by atoms with Crippen molar-refractivity contribution in [2.75, 3.05) is 17.6 Å².